The van der Waals surface area contributed by atoms with E-state index in [9.17, 15) is 27.9 Å². The van der Waals surface area contributed by atoms with Crippen LogP contribution in [0.2, 0.25) is 5.02 Å². The number of ether oxygens (including phenoxy) is 2. The number of aromatic hydroxyl groups is 1. The van der Waals surface area contributed by atoms with E-state index >= 15 is 0 Å². The summed E-state index contributed by atoms with van der Waals surface area (Å²) in [5, 5.41) is 12.1. The number of amides is 1. The van der Waals surface area contributed by atoms with E-state index in [1.54, 1.807) is 0 Å². The summed E-state index contributed by atoms with van der Waals surface area (Å²) in [4.78, 5) is 23.5. The Morgan fingerprint density at radius 2 is 1.77 bits per heavy atom. The number of phenols is 1. The second-order valence-corrected chi connectivity index (χ2v) is 5.29. The molecule has 0 aliphatic carbocycles. The van der Waals surface area contributed by atoms with Gasteiger partial charge in [-0.15, -0.1) is 13.2 Å². The van der Waals surface area contributed by atoms with Gasteiger partial charge < -0.3 is 19.9 Å². The van der Waals surface area contributed by atoms with E-state index in [1.165, 1.54) is 30.3 Å². The maximum absolute atomic E-state index is 12.1. The zero-order valence-corrected chi connectivity index (χ0v) is 13.6. The van der Waals surface area contributed by atoms with Gasteiger partial charge in [-0.2, -0.15) is 0 Å². The molecule has 1 amide bonds. The SMILES string of the molecule is O=C(COC(=O)c1cc(Cl)ccc1O)Nc1ccc(OC(F)(F)F)cc1. The highest BCUT2D eigenvalue weighted by atomic mass is 35.5. The predicted molar refractivity (Wildman–Crippen MR) is 85.2 cm³/mol. The molecule has 6 nitrogen and oxygen atoms in total. The molecule has 0 radical (unpaired) electrons. The van der Waals surface area contributed by atoms with Gasteiger partial charge in [-0.05, 0) is 42.5 Å². The zero-order chi connectivity index (χ0) is 19.3. The molecule has 2 rings (SSSR count). The molecule has 0 fully saturated rings. The first-order valence-corrected chi connectivity index (χ1v) is 7.33. The van der Waals surface area contributed by atoms with Crippen LogP contribution < -0.4 is 10.1 Å². The van der Waals surface area contributed by atoms with Crippen LogP contribution in [0.4, 0.5) is 18.9 Å². The zero-order valence-electron chi connectivity index (χ0n) is 12.8. The van der Waals surface area contributed by atoms with E-state index in [2.05, 4.69) is 10.1 Å². The minimum absolute atomic E-state index is 0.172. The number of hydrogen-bond donors (Lipinski definition) is 2. The molecule has 0 atom stereocenters. The van der Waals surface area contributed by atoms with Gasteiger partial charge in [0, 0.05) is 10.7 Å². The molecule has 0 saturated heterocycles. The van der Waals surface area contributed by atoms with E-state index in [0.29, 0.717) is 0 Å². The highest BCUT2D eigenvalue weighted by molar-refractivity contribution is 6.31. The van der Waals surface area contributed by atoms with E-state index in [-0.39, 0.29) is 22.0 Å². The molecule has 26 heavy (non-hydrogen) atoms. The quantitative estimate of drug-likeness (QED) is 0.761. The lowest BCUT2D eigenvalue weighted by molar-refractivity contribution is -0.274. The van der Waals surface area contributed by atoms with Gasteiger partial charge in [0.2, 0.25) is 0 Å². The van der Waals surface area contributed by atoms with E-state index in [0.717, 1.165) is 12.1 Å². The fourth-order valence-electron chi connectivity index (χ4n) is 1.82. The number of halogens is 4. The Labute approximate surface area is 150 Å². The molecule has 0 bridgehead atoms. The maximum Gasteiger partial charge on any atom is 0.573 e. The number of hydrogen-bond acceptors (Lipinski definition) is 5. The number of alkyl halides is 3. The van der Waals surface area contributed by atoms with Crippen LogP contribution in [0.15, 0.2) is 42.5 Å². The van der Waals surface area contributed by atoms with Crippen molar-refractivity contribution < 1.29 is 37.3 Å². The third-order valence-electron chi connectivity index (χ3n) is 2.88. The summed E-state index contributed by atoms with van der Waals surface area (Å²) in [7, 11) is 0. The molecule has 0 aliphatic heterocycles. The highest BCUT2D eigenvalue weighted by Gasteiger charge is 2.30. The molecule has 0 aliphatic rings. The van der Waals surface area contributed by atoms with Crippen LogP contribution in [0.25, 0.3) is 0 Å². The Hall–Kier alpha value is -2.94. The molecule has 138 valence electrons. The fraction of sp³-hybridized carbons (Fsp3) is 0.125. The van der Waals surface area contributed by atoms with Gasteiger partial charge in [0.15, 0.2) is 6.61 Å². The van der Waals surface area contributed by atoms with Crippen LogP contribution in [0.1, 0.15) is 10.4 Å². The summed E-state index contributed by atoms with van der Waals surface area (Å²) in [6.07, 6.45) is -4.81. The third-order valence-corrected chi connectivity index (χ3v) is 3.12. The van der Waals surface area contributed by atoms with Crippen molar-refractivity contribution in [2.24, 2.45) is 0 Å². The molecule has 0 unspecified atom stereocenters. The van der Waals surface area contributed by atoms with Crippen molar-refractivity contribution in [2.45, 2.75) is 6.36 Å². The van der Waals surface area contributed by atoms with Crippen LogP contribution in [0, 0.1) is 0 Å². The first kappa shape index (κ1) is 19.4. The topological polar surface area (TPSA) is 84.9 Å². The van der Waals surface area contributed by atoms with Gasteiger partial charge in [-0.1, -0.05) is 11.6 Å². The number of anilines is 1. The van der Waals surface area contributed by atoms with Gasteiger partial charge in [-0.3, -0.25) is 4.79 Å². The van der Waals surface area contributed by atoms with E-state index in [1.807, 2.05) is 0 Å². The summed E-state index contributed by atoms with van der Waals surface area (Å²) in [6, 6.07) is 8.14. The van der Waals surface area contributed by atoms with Crippen LogP contribution in [0.5, 0.6) is 11.5 Å². The molecule has 0 aromatic heterocycles. The Morgan fingerprint density at radius 1 is 1.12 bits per heavy atom. The largest absolute Gasteiger partial charge is 0.573 e. The third kappa shape index (κ3) is 5.85. The Morgan fingerprint density at radius 3 is 2.38 bits per heavy atom. The highest BCUT2D eigenvalue weighted by Crippen LogP contribution is 2.24. The first-order valence-electron chi connectivity index (χ1n) is 6.95. The molecule has 2 N–H and O–H groups in total. The first-order chi connectivity index (χ1) is 12.1. The van der Waals surface area contributed by atoms with E-state index in [4.69, 9.17) is 16.3 Å². The van der Waals surface area contributed by atoms with Crippen molar-refractivity contribution in [1.29, 1.82) is 0 Å². The molecule has 0 heterocycles. The van der Waals surface area contributed by atoms with Crippen LogP contribution in [-0.2, 0) is 9.53 Å². The van der Waals surface area contributed by atoms with Crippen LogP contribution in [-0.4, -0.2) is 30.0 Å². The van der Waals surface area contributed by atoms with Gasteiger partial charge in [0.1, 0.15) is 17.1 Å². The Balaban J connectivity index is 1.88. The van der Waals surface area contributed by atoms with Gasteiger partial charge in [0.05, 0.1) is 0 Å². The van der Waals surface area contributed by atoms with Crippen molar-refractivity contribution in [3.05, 3.63) is 53.1 Å². The van der Waals surface area contributed by atoms with Gasteiger partial charge in [0.25, 0.3) is 5.91 Å². The standard InChI is InChI=1S/C16H11ClF3NO5/c17-9-1-6-13(22)12(7-9)15(24)25-8-14(23)21-10-2-4-11(5-3-10)26-16(18,19)20/h1-7,22H,8H2,(H,21,23). The average molecular weight is 390 g/mol. The summed E-state index contributed by atoms with van der Waals surface area (Å²) < 4.78 is 44.6. The molecule has 0 saturated carbocycles. The smallest absolute Gasteiger partial charge is 0.507 e. The summed E-state index contributed by atoms with van der Waals surface area (Å²) in [5.41, 5.74) is -0.0369. The molecule has 0 spiro atoms. The molecule has 2 aromatic carbocycles. The number of nitrogens with one attached hydrogen (secondary N) is 1. The molecule has 10 heteroatoms. The number of carbonyl (C=O) groups is 2. The summed E-state index contributed by atoms with van der Waals surface area (Å²) in [6.45, 7) is -0.675. The van der Waals surface area contributed by atoms with Gasteiger partial charge >= 0.3 is 12.3 Å². The van der Waals surface area contributed by atoms with Crippen LogP contribution >= 0.6 is 11.6 Å². The van der Waals surface area contributed by atoms with Crippen molar-refractivity contribution in [1.82, 2.24) is 0 Å². The molecular weight excluding hydrogens is 379 g/mol. The maximum atomic E-state index is 12.1. The van der Waals surface area contributed by atoms with Crippen molar-refractivity contribution >= 4 is 29.2 Å². The number of rotatable bonds is 5. The molecular formula is C16H11ClF3NO5. The van der Waals surface area contributed by atoms with Crippen molar-refractivity contribution in [3.63, 3.8) is 0 Å². The van der Waals surface area contributed by atoms with E-state index < -0.39 is 30.6 Å². The number of carbonyl (C=O) groups excluding carboxylic acids is 2. The predicted octanol–water partition coefficient (Wildman–Crippen LogP) is 3.74. The average Bonchev–Trinajstić information content (AvgIpc) is 2.55. The second-order valence-electron chi connectivity index (χ2n) is 4.86. The lowest BCUT2D eigenvalue weighted by Gasteiger charge is -2.10. The minimum Gasteiger partial charge on any atom is -0.507 e. The lowest BCUT2D eigenvalue weighted by Crippen LogP contribution is -2.21. The fourth-order valence-corrected chi connectivity index (χ4v) is 1.99. The monoisotopic (exact) mass is 389 g/mol. The summed E-state index contributed by atoms with van der Waals surface area (Å²) >= 11 is 5.70. The van der Waals surface area contributed by atoms with Gasteiger partial charge in [-0.25, -0.2) is 4.79 Å². The van der Waals surface area contributed by atoms with Crippen LogP contribution in [0.3, 0.4) is 0 Å². The minimum atomic E-state index is -4.81. The summed E-state index contributed by atoms with van der Waals surface area (Å²) in [5.74, 6) is -2.50. The second kappa shape index (κ2) is 7.96. The molecule has 2 aromatic rings. The number of esters is 1. The Kier molecular flexibility index (Phi) is 5.93. The number of benzene rings is 2. The Bertz CT molecular complexity index is 809. The van der Waals surface area contributed by atoms with Crippen molar-refractivity contribution in [2.75, 3.05) is 11.9 Å². The normalized spacial score (nSPS) is 10.9. The lowest BCUT2D eigenvalue weighted by atomic mass is 10.2. The van der Waals surface area contributed by atoms with Crippen molar-refractivity contribution in [3.8, 4) is 11.5 Å². The number of phenolic OH excluding ortho intramolecular Hbond substituents is 1.